The summed E-state index contributed by atoms with van der Waals surface area (Å²) in [6.07, 6.45) is 0. The molecule has 0 saturated heterocycles. The van der Waals surface area contributed by atoms with E-state index < -0.39 is 11.5 Å². The fourth-order valence-electron chi connectivity index (χ4n) is 0.790. The number of hydrogen-bond donors (Lipinski definition) is 0. The van der Waals surface area contributed by atoms with E-state index in [4.69, 9.17) is 16.3 Å². The molecular formula is C9H9ClO2. The second-order valence-electron chi connectivity index (χ2n) is 2.31. The lowest BCUT2D eigenvalue weighted by Crippen LogP contribution is -2.09. The van der Waals surface area contributed by atoms with Gasteiger partial charge in [-0.05, 0) is 19.1 Å². The summed E-state index contributed by atoms with van der Waals surface area (Å²) in [5.41, 5.74) is -0.0669. The molecule has 0 unspecified atom stereocenters. The maximum absolute atomic E-state index is 11.1. The number of benzene rings is 1. The van der Waals surface area contributed by atoms with Gasteiger partial charge in [0.1, 0.15) is 0 Å². The van der Waals surface area contributed by atoms with Crippen molar-refractivity contribution in [2.75, 3.05) is 0 Å². The van der Waals surface area contributed by atoms with Gasteiger partial charge in [-0.25, -0.2) is 4.79 Å². The van der Waals surface area contributed by atoms with Gasteiger partial charge in [0.2, 0.25) is 0 Å². The van der Waals surface area contributed by atoms with Gasteiger partial charge in [0, 0.05) is 0 Å². The van der Waals surface area contributed by atoms with E-state index in [1.165, 1.54) is 0 Å². The summed E-state index contributed by atoms with van der Waals surface area (Å²) in [6.45, 7) is 1.60. The highest BCUT2D eigenvalue weighted by molar-refractivity contribution is 6.20. The van der Waals surface area contributed by atoms with E-state index in [2.05, 4.69) is 0 Å². The number of halogens is 1. The Bertz CT molecular complexity index is 256. The van der Waals surface area contributed by atoms with Gasteiger partial charge in [-0.1, -0.05) is 29.8 Å². The average molecular weight is 185 g/mol. The number of alkyl halides is 1. The quantitative estimate of drug-likeness (QED) is 0.521. The summed E-state index contributed by atoms with van der Waals surface area (Å²) in [6, 6.07) is 8.75. The standard InChI is InChI=1S/C9H9ClO2/c1-7(10)12-9(11)8-5-3-2-4-6-8/h2-7H,1H3/t7-/m1/s1. The van der Waals surface area contributed by atoms with Crippen molar-refractivity contribution in [3.05, 3.63) is 35.9 Å². The Morgan fingerprint density at radius 2 is 2.00 bits per heavy atom. The highest BCUT2D eigenvalue weighted by Crippen LogP contribution is 2.05. The summed E-state index contributed by atoms with van der Waals surface area (Å²) < 4.78 is 4.76. The first-order valence-corrected chi connectivity index (χ1v) is 4.04. The normalized spacial score (nSPS) is 12.2. The van der Waals surface area contributed by atoms with Crippen molar-refractivity contribution in [1.82, 2.24) is 0 Å². The summed E-state index contributed by atoms with van der Waals surface area (Å²) in [5, 5.41) is 0. The molecule has 0 aliphatic heterocycles. The largest absolute Gasteiger partial charge is 0.443 e. The summed E-state index contributed by atoms with van der Waals surface area (Å²) in [5.74, 6) is -0.391. The molecule has 1 rings (SSSR count). The topological polar surface area (TPSA) is 26.3 Å². The molecule has 0 aliphatic carbocycles. The molecule has 0 spiro atoms. The maximum Gasteiger partial charge on any atom is 0.339 e. The molecule has 0 bridgehead atoms. The van der Waals surface area contributed by atoms with Crippen LogP contribution in [0.1, 0.15) is 17.3 Å². The molecule has 1 aromatic carbocycles. The molecule has 0 saturated carbocycles. The van der Waals surface area contributed by atoms with E-state index in [0.29, 0.717) is 5.56 Å². The number of hydrogen-bond acceptors (Lipinski definition) is 2. The van der Waals surface area contributed by atoms with Crippen LogP contribution < -0.4 is 0 Å². The Morgan fingerprint density at radius 3 is 2.50 bits per heavy atom. The van der Waals surface area contributed by atoms with Gasteiger partial charge in [0.15, 0.2) is 5.56 Å². The number of esters is 1. The number of carbonyl (C=O) groups is 1. The van der Waals surface area contributed by atoms with E-state index in [-0.39, 0.29) is 0 Å². The second-order valence-corrected chi connectivity index (χ2v) is 2.93. The van der Waals surface area contributed by atoms with Gasteiger partial charge in [0.25, 0.3) is 0 Å². The predicted molar refractivity (Wildman–Crippen MR) is 47.2 cm³/mol. The lowest BCUT2D eigenvalue weighted by atomic mass is 10.2. The zero-order chi connectivity index (χ0) is 8.97. The minimum absolute atomic E-state index is 0.391. The highest BCUT2D eigenvalue weighted by Gasteiger charge is 2.07. The van der Waals surface area contributed by atoms with Crippen molar-refractivity contribution in [2.45, 2.75) is 12.5 Å². The average Bonchev–Trinajstić information content (AvgIpc) is 2.05. The van der Waals surface area contributed by atoms with Gasteiger partial charge in [0.05, 0.1) is 5.56 Å². The number of rotatable bonds is 2. The third-order valence-electron chi connectivity index (χ3n) is 1.28. The van der Waals surface area contributed by atoms with Crippen LogP contribution in [0.2, 0.25) is 0 Å². The maximum atomic E-state index is 11.1. The van der Waals surface area contributed by atoms with Crippen molar-refractivity contribution in [1.29, 1.82) is 0 Å². The number of carbonyl (C=O) groups excluding carboxylic acids is 1. The van der Waals surface area contributed by atoms with Crippen LogP contribution in [0.25, 0.3) is 0 Å². The molecule has 0 amide bonds. The van der Waals surface area contributed by atoms with E-state index in [1.807, 2.05) is 6.07 Å². The molecule has 0 heterocycles. The molecule has 12 heavy (non-hydrogen) atoms. The first-order chi connectivity index (χ1) is 5.70. The molecular weight excluding hydrogens is 176 g/mol. The van der Waals surface area contributed by atoms with Crippen LogP contribution in [0.15, 0.2) is 30.3 Å². The van der Waals surface area contributed by atoms with Crippen LogP contribution in [0.5, 0.6) is 0 Å². The van der Waals surface area contributed by atoms with E-state index >= 15 is 0 Å². The summed E-state index contributed by atoms with van der Waals surface area (Å²) in [7, 11) is 0. The third-order valence-corrected chi connectivity index (χ3v) is 1.37. The van der Waals surface area contributed by atoms with Crippen LogP contribution in [-0.2, 0) is 4.74 Å². The highest BCUT2D eigenvalue weighted by atomic mass is 35.5. The molecule has 1 atom stereocenters. The Balaban J connectivity index is 2.66. The van der Waals surface area contributed by atoms with Crippen LogP contribution in [0, 0.1) is 0 Å². The zero-order valence-corrected chi connectivity index (χ0v) is 7.41. The molecule has 2 nitrogen and oxygen atoms in total. The minimum atomic E-state index is -0.585. The Morgan fingerprint density at radius 1 is 1.42 bits per heavy atom. The smallest absolute Gasteiger partial charge is 0.339 e. The molecule has 0 aromatic heterocycles. The van der Waals surface area contributed by atoms with E-state index in [1.54, 1.807) is 31.2 Å². The van der Waals surface area contributed by atoms with Crippen LogP contribution in [0.3, 0.4) is 0 Å². The molecule has 1 aromatic rings. The molecule has 0 N–H and O–H groups in total. The fraction of sp³-hybridized carbons (Fsp3) is 0.222. The van der Waals surface area contributed by atoms with Gasteiger partial charge in [-0.15, -0.1) is 0 Å². The first kappa shape index (κ1) is 9.07. The van der Waals surface area contributed by atoms with E-state index in [9.17, 15) is 4.79 Å². The summed E-state index contributed by atoms with van der Waals surface area (Å²) >= 11 is 5.48. The Hall–Kier alpha value is -1.02. The molecule has 0 fully saturated rings. The summed E-state index contributed by atoms with van der Waals surface area (Å²) in [4.78, 5) is 11.1. The molecule has 0 aliphatic rings. The molecule has 64 valence electrons. The molecule has 0 radical (unpaired) electrons. The van der Waals surface area contributed by atoms with Crippen LogP contribution >= 0.6 is 11.6 Å². The van der Waals surface area contributed by atoms with Crippen molar-refractivity contribution in [3.63, 3.8) is 0 Å². The van der Waals surface area contributed by atoms with Gasteiger partial charge >= 0.3 is 5.97 Å². The van der Waals surface area contributed by atoms with Gasteiger partial charge in [-0.2, -0.15) is 0 Å². The lowest BCUT2D eigenvalue weighted by Gasteiger charge is -2.04. The second kappa shape index (κ2) is 4.12. The zero-order valence-electron chi connectivity index (χ0n) is 6.66. The first-order valence-electron chi connectivity index (χ1n) is 3.60. The Kier molecular flexibility index (Phi) is 3.11. The van der Waals surface area contributed by atoms with Gasteiger partial charge < -0.3 is 4.74 Å². The van der Waals surface area contributed by atoms with Crippen molar-refractivity contribution < 1.29 is 9.53 Å². The van der Waals surface area contributed by atoms with Crippen LogP contribution in [-0.4, -0.2) is 11.5 Å². The predicted octanol–water partition coefficient (Wildman–Crippen LogP) is 2.43. The van der Waals surface area contributed by atoms with Gasteiger partial charge in [-0.3, -0.25) is 0 Å². The third kappa shape index (κ3) is 2.55. The van der Waals surface area contributed by atoms with Crippen molar-refractivity contribution in [2.24, 2.45) is 0 Å². The van der Waals surface area contributed by atoms with Crippen molar-refractivity contribution in [3.8, 4) is 0 Å². The number of ether oxygens (including phenoxy) is 1. The van der Waals surface area contributed by atoms with Crippen molar-refractivity contribution >= 4 is 17.6 Å². The SMILES string of the molecule is C[C@H](Cl)OC(=O)c1ccccc1. The fourth-order valence-corrected chi connectivity index (χ4v) is 0.871. The van der Waals surface area contributed by atoms with E-state index in [0.717, 1.165) is 0 Å². The Labute approximate surface area is 76.1 Å². The van der Waals surface area contributed by atoms with Crippen LogP contribution in [0.4, 0.5) is 0 Å². The lowest BCUT2D eigenvalue weighted by molar-refractivity contribution is 0.0472. The minimum Gasteiger partial charge on any atom is -0.443 e. The molecule has 3 heteroatoms. The monoisotopic (exact) mass is 184 g/mol.